The largest absolute Gasteiger partial charge is 0.467 e. The van der Waals surface area contributed by atoms with Crippen LogP contribution in [0.2, 0.25) is 0 Å². The van der Waals surface area contributed by atoms with Crippen LogP contribution in [-0.2, 0) is 0 Å². The summed E-state index contributed by atoms with van der Waals surface area (Å²) in [6, 6.07) is 7.11. The van der Waals surface area contributed by atoms with Crippen LogP contribution in [0.1, 0.15) is 43.7 Å². The van der Waals surface area contributed by atoms with Gasteiger partial charge in [0, 0.05) is 12.1 Å². The van der Waals surface area contributed by atoms with E-state index in [2.05, 4.69) is 5.32 Å². The molecule has 1 aromatic carbocycles. The standard InChI is InChI=1S/C16H19F2NO2/c1-10(8-15(20)16-4-3-7-21-16)19-11(2)12-5-6-13(17)14(18)9-12/h3-7,9-11,15,19-20H,8H2,1-2H3. The van der Waals surface area contributed by atoms with E-state index in [1.165, 1.54) is 12.3 Å². The van der Waals surface area contributed by atoms with Gasteiger partial charge in [0.25, 0.3) is 0 Å². The van der Waals surface area contributed by atoms with Crippen molar-refractivity contribution in [2.45, 2.75) is 38.5 Å². The van der Waals surface area contributed by atoms with Gasteiger partial charge < -0.3 is 14.8 Å². The molecular formula is C16H19F2NO2. The lowest BCUT2D eigenvalue weighted by molar-refractivity contribution is 0.127. The predicted octanol–water partition coefficient (Wildman–Crippen LogP) is 3.72. The average molecular weight is 295 g/mol. The smallest absolute Gasteiger partial charge is 0.159 e. The molecule has 0 saturated heterocycles. The first-order valence-corrected chi connectivity index (χ1v) is 6.90. The van der Waals surface area contributed by atoms with Crippen molar-refractivity contribution in [2.75, 3.05) is 0 Å². The van der Waals surface area contributed by atoms with E-state index in [-0.39, 0.29) is 12.1 Å². The minimum absolute atomic E-state index is 0.0202. The van der Waals surface area contributed by atoms with Crippen LogP contribution in [0, 0.1) is 11.6 Å². The zero-order valence-electron chi connectivity index (χ0n) is 12.0. The first-order chi connectivity index (χ1) is 9.97. The van der Waals surface area contributed by atoms with Gasteiger partial charge in [0.15, 0.2) is 11.6 Å². The van der Waals surface area contributed by atoms with Crippen molar-refractivity contribution in [1.82, 2.24) is 5.32 Å². The highest BCUT2D eigenvalue weighted by atomic mass is 19.2. The number of hydrogen-bond acceptors (Lipinski definition) is 3. The summed E-state index contributed by atoms with van der Waals surface area (Å²) in [5, 5.41) is 13.2. The lowest BCUT2D eigenvalue weighted by atomic mass is 10.0. The molecule has 2 rings (SSSR count). The van der Waals surface area contributed by atoms with Gasteiger partial charge in [0.2, 0.25) is 0 Å². The second-order valence-corrected chi connectivity index (χ2v) is 5.23. The molecule has 2 N–H and O–H groups in total. The Kier molecular flexibility index (Phi) is 5.09. The molecule has 5 heteroatoms. The Bertz CT molecular complexity index is 572. The summed E-state index contributed by atoms with van der Waals surface area (Å²) in [6.07, 6.45) is 1.28. The SMILES string of the molecule is CC(CC(O)c1ccco1)NC(C)c1ccc(F)c(F)c1. The molecule has 0 aliphatic heterocycles. The first-order valence-electron chi connectivity index (χ1n) is 6.90. The van der Waals surface area contributed by atoms with Gasteiger partial charge in [-0.25, -0.2) is 8.78 Å². The molecule has 21 heavy (non-hydrogen) atoms. The van der Waals surface area contributed by atoms with Gasteiger partial charge in [0.1, 0.15) is 11.9 Å². The maximum Gasteiger partial charge on any atom is 0.159 e. The highest BCUT2D eigenvalue weighted by Gasteiger charge is 2.17. The van der Waals surface area contributed by atoms with Gasteiger partial charge in [-0.05, 0) is 50.1 Å². The molecule has 0 radical (unpaired) electrons. The van der Waals surface area contributed by atoms with Gasteiger partial charge in [-0.1, -0.05) is 6.07 Å². The summed E-state index contributed by atoms with van der Waals surface area (Å²) >= 11 is 0. The lowest BCUT2D eigenvalue weighted by Gasteiger charge is -2.22. The van der Waals surface area contributed by atoms with Gasteiger partial charge in [-0.15, -0.1) is 0 Å². The molecule has 0 bridgehead atoms. The number of hydrogen-bond donors (Lipinski definition) is 2. The molecule has 0 aliphatic carbocycles. The van der Waals surface area contributed by atoms with E-state index >= 15 is 0 Å². The summed E-state index contributed by atoms with van der Waals surface area (Å²) < 4.78 is 31.3. The number of halogens is 2. The monoisotopic (exact) mass is 295 g/mol. The van der Waals surface area contributed by atoms with E-state index in [1.54, 1.807) is 18.2 Å². The normalized spacial score (nSPS) is 15.7. The Labute approximate surface area is 122 Å². The molecule has 3 nitrogen and oxygen atoms in total. The summed E-state index contributed by atoms with van der Waals surface area (Å²) in [7, 11) is 0. The fraction of sp³-hybridized carbons (Fsp3) is 0.375. The van der Waals surface area contributed by atoms with Crippen molar-refractivity contribution in [1.29, 1.82) is 0 Å². The Hall–Kier alpha value is -1.72. The lowest BCUT2D eigenvalue weighted by Crippen LogP contribution is -2.30. The second-order valence-electron chi connectivity index (χ2n) is 5.23. The van der Waals surface area contributed by atoms with Gasteiger partial charge >= 0.3 is 0 Å². The molecule has 114 valence electrons. The van der Waals surface area contributed by atoms with E-state index in [1.807, 2.05) is 13.8 Å². The zero-order chi connectivity index (χ0) is 15.4. The predicted molar refractivity (Wildman–Crippen MR) is 75.7 cm³/mol. The molecule has 0 fully saturated rings. The van der Waals surface area contributed by atoms with Crippen LogP contribution in [0.25, 0.3) is 0 Å². The molecular weight excluding hydrogens is 276 g/mol. The van der Waals surface area contributed by atoms with Crippen LogP contribution in [0.3, 0.4) is 0 Å². The number of furan rings is 1. The molecule has 1 heterocycles. The number of aliphatic hydroxyl groups is 1. The van der Waals surface area contributed by atoms with Gasteiger partial charge in [-0.3, -0.25) is 0 Å². The average Bonchev–Trinajstić information content (AvgIpc) is 2.95. The summed E-state index contributed by atoms with van der Waals surface area (Å²) in [6.45, 7) is 3.78. The van der Waals surface area contributed by atoms with Crippen molar-refractivity contribution in [3.63, 3.8) is 0 Å². The molecule has 0 aliphatic rings. The maximum atomic E-state index is 13.2. The van der Waals surface area contributed by atoms with Crippen molar-refractivity contribution < 1.29 is 18.3 Å². The molecule has 0 saturated carbocycles. The van der Waals surface area contributed by atoms with E-state index < -0.39 is 17.7 Å². The van der Waals surface area contributed by atoms with Crippen LogP contribution in [0.15, 0.2) is 41.0 Å². The zero-order valence-corrected chi connectivity index (χ0v) is 12.0. The van der Waals surface area contributed by atoms with Crippen LogP contribution < -0.4 is 5.32 Å². The van der Waals surface area contributed by atoms with E-state index in [0.717, 1.165) is 6.07 Å². The van der Waals surface area contributed by atoms with Crippen LogP contribution in [0.5, 0.6) is 0 Å². The molecule has 0 spiro atoms. The van der Waals surface area contributed by atoms with E-state index in [0.29, 0.717) is 17.7 Å². The van der Waals surface area contributed by atoms with Crippen molar-refractivity contribution in [2.24, 2.45) is 0 Å². The van der Waals surface area contributed by atoms with Crippen molar-refractivity contribution in [3.05, 3.63) is 59.6 Å². The number of nitrogens with one attached hydrogen (secondary N) is 1. The molecule has 0 amide bonds. The Morgan fingerprint density at radius 3 is 2.57 bits per heavy atom. The molecule has 2 aromatic rings. The summed E-state index contributed by atoms with van der Waals surface area (Å²) in [4.78, 5) is 0. The molecule has 3 unspecified atom stereocenters. The number of aliphatic hydroxyl groups excluding tert-OH is 1. The van der Waals surface area contributed by atoms with Crippen molar-refractivity contribution in [3.8, 4) is 0 Å². The highest BCUT2D eigenvalue weighted by Crippen LogP contribution is 2.21. The Balaban J connectivity index is 1.92. The Morgan fingerprint density at radius 1 is 1.19 bits per heavy atom. The minimum atomic E-state index is -0.857. The topological polar surface area (TPSA) is 45.4 Å². The summed E-state index contributed by atoms with van der Waals surface area (Å²) in [5.41, 5.74) is 0.660. The quantitative estimate of drug-likeness (QED) is 0.853. The number of rotatable bonds is 6. The third kappa shape index (κ3) is 4.12. The Morgan fingerprint density at radius 2 is 1.95 bits per heavy atom. The molecule has 1 aromatic heterocycles. The van der Waals surface area contributed by atoms with Gasteiger partial charge in [-0.2, -0.15) is 0 Å². The minimum Gasteiger partial charge on any atom is -0.467 e. The van der Waals surface area contributed by atoms with Crippen LogP contribution in [0.4, 0.5) is 8.78 Å². The third-order valence-electron chi connectivity index (χ3n) is 3.43. The fourth-order valence-corrected chi connectivity index (χ4v) is 2.30. The second kappa shape index (κ2) is 6.83. The highest BCUT2D eigenvalue weighted by molar-refractivity contribution is 5.20. The van der Waals surface area contributed by atoms with E-state index in [4.69, 9.17) is 4.42 Å². The van der Waals surface area contributed by atoms with Gasteiger partial charge in [0.05, 0.1) is 6.26 Å². The number of benzene rings is 1. The van der Waals surface area contributed by atoms with E-state index in [9.17, 15) is 13.9 Å². The van der Waals surface area contributed by atoms with Crippen molar-refractivity contribution >= 4 is 0 Å². The summed E-state index contributed by atoms with van der Waals surface area (Å²) in [5.74, 6) is -1.19. The van der Waals surface area contributed by atoms with Crippen LogP contribution >= 0.6 is 0 Å². The molecule has 3 atom stereocenters. The third-order valence-corrected chi connectivity index (χ3v) is 3.43. The van der Waals surface area contributed by atoms with Crippen LogP contribution in [-0.4, -0.2) is 11.1 Å². The fourth-order valence-electron chi connectivity index (χ4n) is 2.30. The first kappa shape index (κ1) is 15.7. The maximum absolute atomic E-state index is 13.2.